The Morgan fingerprint density at radius 1 is 0.800 bits per heavy atom. The summed E-state index contributed by atoms with van der Waals surface area (Å²) in [5.74, 6) is 0.426. The number of carbonyl (C=O) groups is 1. The third kappa shape index (κ3) is 10.5. The van der Waals surface area contributed by atoms with Crippen LogP contribution in [0.25, 0.3) is 16.6 Å². The van der Waals surface area contributed by atoms with Gasteiger partial charge in [0.15, 0.2) is 0 Å². The average molecular weight is 825 g/mol. The highest BCUT2D eigenvalue weighted by Gasteiger charge is 2.38. The maximum Gasteiger partial charge on any atom is 0.263 e. The van der Waals surface area contributed by atoms with Gasteiger partial charge in [-0.1, -0.05) is 32.6 Å². The summed E-state index contributed by atoms with van der Waals surface area (Å²) >= 11 is 0. The number of hydrogen-bond donors (Lipinski definition) is 0. The Morgan fingerprint density at radius 2 is 1.44 bits per heavy atom. The Kier molecular flexibility index (Phi) is 15.2. The molecule has 0 saturated carbocycles. The summed E-state index contributed by atoms with van der Waals surface area (Å²) in [5, 5.41) is 0.297. The van der Waals surface area contributed by atoms with Crippen LogP contribution in [0.4, 0.5) is 14.5 Å². The van der Waals surface area contributed by atoms with E-state index in [4.69, 9.17) is 14.2 Å². The summed E-state index contributed by atoms with van der Waals surface area (Å²) in [6, 6.07) is 13.6. The van der Waals surface area contributed by atoms with Gasteiger partial charge in [0.1, 0.15) is 34.4 Å². The van der Waals surface area contributed by atoms with E-state index in [1.807, 2.05) is 12.1 Å². The van der Waals surface area contributed by atoms with Gasteiger partial charge in [0, 0.05) is 54.1 Å². The summed E-state index contributed by atoms with van der Waals surface area (Å²) in [4.78, 5) is 29.3. The summed E-state index contributed by atoms with van der Waals surface area (Å²) in [5.41, 5.74) is 0.513. The minimum atomic E-state index is -0.817. The van der Waals surface area contributed by atoms with Gasteiger partial charge in [-0.25, -0.2) is 8.78 Å². The summed E-state index contributed by atoms with van der Waals surface area (Å²) in [6.45, 7) is 10.5. The van der Waals surface area contributed by atoms with Crippen molar-refractivity contribution in [2.24, 2.45) is 5.92 Å². The van der Waals surface area contributed by atoms with Crippen LogP contribution in [0.15, 0.2) is 65.6 Å². The summed E-state index contributed by atoms with van der Waals surface area (Å²) in [6.07, 6.45) is 14.7. The van der Waals surface area contributed by atoms with Crippen molar-refractivity contribution >= 4 is 22.5 Å². The van der Waals surface area contributed by atoms with Crippen molar-refractivity contribution in [2.45, 2.75) is 84.5 Å². The Bertz CT molecular complexity index is 1930. The molecule has 7 rings (SSSR count). The monoisotopic (exact) mass is 823 g/mol. The van der Waals surface area contributed by atoms with E-state index in [0.717, 1.165) is 49.8 Å². The number of quaternary nitrogens is 1. The minimum absolute atomic E-state index is 0. The molecule has 8 nitrogen and oxygen atoms in total. The maximum atomic E-state index is 14.2. The Hall–Kier alpha value is -3.96. The zero-order valence-corrected chi connectivity index (χ0v) is 34.2. The largest absolute Gasteiger partial charge is 1.00 e. The van der Waals surface area contributed by atoms with E-state index in [-0.39, 0.29) is 34.8 Å². The van der Waals surface area contributed by atoms with Crippen molar-refractivity contribution in [1.29, 1.82) is 0 Å². The first-order chi connectivity index (χ1) is 26.2. The van der Waals surface area contributed by atoms with Crippen LogP contribution in [0.3, 0.4) is 0 Å². The van der Waals surface area contributed by atoms with Crippen LogP contribution in [0.1, 0.15) is 94.8 Å². The van der Waals surface area contributed by atoms with Crippen LogP contribution >= 0.6 is 0 Å². The van der Waals surface area contributed by atoms with Crippen LogP contribution in [-0.4, -0.2) is 68.0 Å². The molecule has 2 bridgehead atoms. The zero-order valence-electron chi connectivity index (χ0n) is 32.6. The van der Waals surface area contributed by atoms with Crippen molar-refractivity contribution in [3.63, 3.8) is 0 Å². The molecular weight excluding hydrogens is 768 g/mol. The average Bonchev–Trinajstić information content (AvgIpc) is 3.18. The number of piperidine rings is 3. The van der Waals surface area contributed by atoms with Crippen molar-refractivity contribution in [3.05, 3.63) is 88.2 Å². The van der Waals surface area contributed by atoms with Crippen molar-refractivity contribution in [1.82, 2.24) is 4.57 Å². The number of nitrogens with zero attached hydrogens (tertiary/aromatic N) is 3. The second-order valence-corrected chi connectivity index (χ2v) is 15.1. The molecule has 298 valence electrons. The van der Waals surface area contributed by atoms with Gasteiger partial charge in [0.05, 0.1) is 57.7 Å². The lowest BCUT2D eigenvalue weighted by molar-refractivity contribution is -0.942. The molecule has 3 aliphatic rings. The first-order valence-electron chi connectivity index (χ1n) is 20.0. The number of halogens is 3. The van der Waals surface area contributed by atoms with Gasteiger partial charge in [-0.15, -0.1) is 0 Å². The first kappa shape index (κ1) is 42.2. The molecule has 3 aromatic carbocycles. The summed E-state index contributed by atoms with van der Waals surface area (Å²) < 4.78 is 49.4. The van der Waals surface area contributed by atoms with Crippen LogP contribution in [0.5, 0.6) is 17.2 Å². The predicted octanol–water partition coefficient (Wildman–Crippen LogP) is 6.48. The lowest BCUT2D eigenvalue weighted by Gasteiger charge is -2.49. The fraction of sp³-hybridized carbons (Fsp3) is 0.500. The van der Waals surface area contributed by atoms with Gasteiger partial charge in [0.2, 0.25) is 5.43 Å². The molecule has 3 saturated heterocycles. The molecule has 0 atom stereocenters. The van der Waals surface area contributed by atoms with Crippen LogP contribution in [0.2, 0.25) is 0 Å². The number of methoxy groups -OCH3 is 1. The van der Waals surface area contributed by atoms with Crippen LogP contribution < -0.4 is 41.5 Å². The third-order valence-corrected chi connectivity index (χ3v) is 11.4. The standard InChI is InChI=1S/C44H56F2N3O5.BrH/c1-4-6-22-54-39-28-36(27-38(29-39)52-3)48-31-41(44(51)47(5-2)35-25-33(45)24-34(46)26-35)43(50)40-14-13-37(30-42(40)48)53-23-12-10-8-7-9-11-18-49-19-15-32(16-20-49)17-21-49;/h13-14,24-32H,4-12,15-23H2,1-3H3;1H/q+1;/p-1. The second kappa shape index (κ2) is 19.8. The lowest BCUT2D eigenvalue weighted by Crippen LogP contribution is -3.00. The number of pyridine rings is 1. The highest BCUT2D eigenvalue weighted by atomic mass is 79.9. The number of carbonyl (C=O) groups excluding carboxylic acids is 1. The van der Waals surface area contributed by atoms with Crippen molar-refractivity contribution in [2.75, 3.05) is 57.9 Å². The molecule has 0 unspecified atom stereocenters. The molecule has 1 aromatic heterocycles. The fourth-order valence-electron chi connectivity index (χ4n) is 8.20. The van der Waals surface area contributed by atoms with E-state index in [9.17, 15) is 18.4 Å². The molecule has 0 radical (unpaired) electrons. The van der Waals surface area contributed by atoms with E-state index in [2.05, 4.69) is 6.92 Å². The molecule has 11 heteroatoms. The normalized spacial score (nSPS) is 17.5. The summed E-state index contributed by atoms with van der Waals surface area (Å²) in [7, 11) is 1.57. The van der Waals surface area contributed by atoms with Crippen LogP contribution in [0, 0.1) is 17.6 Å². The number of benzene rings is 3. The van der Waals surface area contributed by atoms with Gasteiger partial charge in [-0.05, 0) is 82.1 Å². The molecule has 0 N–H and O–H groups in total. The molecule has 55 heavy (non-hydrogen) atoms. The number of aromatic nitrogens is 1. The number of fused-ring (bicyclic) bond motifs is 4. The van der Waals surface area contributed by atoms with E-state index in [1.165, 1.54) is 86.7 Å². The Balaban J connectivity index is 0.00000580. The molecule has 1 amide bonds. The third-order valence-electron chi connectivity index (χ3n) is 11.4. The molecule has 4 aromatic rings. The number of rotatable bonds is 19. The molecule has 3 fully saturated rings. The van der Waals surface area contributed by atoms with E-state index in [1.54, 1.807) is 42.9 Å². The molecule has 4 heterocycles. The number of anilines is 1. The SMILES string of the molecule is CCCCOc1cc(OC)cc(-n2cc(C(=O)N(CC)c3cc(F)cc(F)c3)c(=O)c3ccc(OCCCCCCCC[N+]45CCC(CC4)CC5)cc32)c1.[Br-]. The maximum absolute atomic E-state index is 14.2. The number of hydrogen-bond acceptors (Lipinski definition) is 5. The zero-order chi connectivity index (χ0) is 38.1. The predicted molar refractivity (Wildman–Crippen MR) is 210 cm³/mol. The van der Waals surface area contributed by atoms with Crippen molar-refractivity contribution in [3.8, 4) is 22.9 Å². The minimum Gasteiger partial charge on any atom is -1.00 e. The van der Waals surface area contributed by atoms with Gasteiger partial charge in [-0.2, -0.15) is 0 Å². The van der Waals surface area contributed by atoms with Crippen LogP contribution in [-0.2, 0) is 0 Å². The highest BCUT2D eigenvalue weighted by molar-refractivity contribution is 6.07. The second-order valence-electron chi connectivity index (χ2n) is 15.1. The highest BCUT2D eigenvalue weighted by Crippen LogP contribution is 2.34. The molecule has 0 spiro atoms. The first-order valence-corrected chi connectivity index (χ1v) is 20.0. The lowest BCUT2D eigenvalue weighted by atomic mass is 9.85. The van der Waals surface area contributed by atoms with Gasteiger partial charge >= 0.3 is 0 Å². The Labute approximate surface area is 334 Å². The topological polar surface area (TPSA) is 70.0 Å². The van der Waals surface area contributed by atoms with Crippen molar-refractivity contribution < 1.29 is 49.3 Å². The number of amides is 1. The van der Waals surface area contributed by atoms with Gasteiger partial charge in [-0.3, -0.25) is 9.59 Å². The van der Waals surface area contributed by atoms with Gasteiger partial charge < -0.3 is 45.1 Å². The quantitative estimate of drug-likeness (QED) is 0.0801. The number of unbranched alkanes of at least 4 members (excludes halogenated alkanes) is 6. The fourth-order valence-corrected chi connectivity index (χ4v) is 8.20. The number of ether oxygens (including phenoxy) is 3. The van der Waals surface area contributed by atoms with Gasteiger partial charge in [0.25, 0.3) is 5.91 Å². The van der Waals surface area contributed by atoms with E-state index >= 15 is 0 Å². The Morgan fingerprint density at radius 3 is 2.11 bits per heavy atom. The smallest absolute Gasteiger partial charge is 0.263 e. The van der Waals surface area contributed by atoms with E-state index < -0.39 is 23.0 Å². The van der Waals surface area contributed by atoms with E-state index in [0.29, 0.717) is 47.1 Å². The molecular formula is C44H56BrF2N3O5. The molecule has 3 aliphatic heterocycles. The molecule has 0 aliphatic carbocycles.